The molecule has 1 aromatic carbocycles. The molecule has 6 heteroatoms. The lowest BCUT2D eigenvalue weighted by Crippen LogP contribution is -2.52. The van der Waals surface area contributed by atoms with Gasteiger partial charge in [0.2, 0.25) is 0 Å². The summed E-state index contributed by atoms with van der Waals surface area (Å²) in [5, 5.41) is 9.96. The van der Waals surface area contributed by atoms with Crippen molar-refractivity contribution in [3.05, 3.63) is 47.4 Å². The summed E-state index contributed by atoms with van der Waals surface area (Å²) < 4.78 is 0. The van der Waals surface area contributed by atoms with Crippen molar-refractivity contribution >= 4 is 23.1 Å². The molecule has 0 bridgehead atoms. The van der Waals surface area contributed by atoms with E-state index in [9.17, 15) is 5.26 Å². The van der Waals surface area contributed by atoms with Gasteiger partial charge in [-0.05, 0) is 25.1 Å². The Labute approximate surface area is 134 Å². The van der Waals surface area contributed by atoms with E-state index in [4.69, 9.17) is 11.6 Å². The van der Waals surface area contributed by atoms with Crippen molar-refractivity contribution in [2.45, 2.75) is 13.0 Å². The highest BCUT2D eigenvalue weighted by molar-refractivity contribution is 6.30. The van der Waals surface area contributed by atoms with Gasteiger partial charge in [-0.3, -0.25) is 0 Å². The molecule has 2 aromatic rings. The lowest BCUT2D eigenvalue weighted by atomic mass is 10.1. The van der Waals surface area contributed by atoms with Gasteiger partial charge in [0.1, 0.15) is 23.8 Å². The monoisotopic (exact) mass is 313 g/mol. The van der Waals surface area contributed by atoms with Gasteiger partial charge in [0, 0.05) is 36.4 Å². The van der Waals surface area contributed by atoms with Crippen molar-refractivity contribution < 1.29 is 0 Å². The van der Waals surface area contributed by atoms with E-state index in [1.54, 1.807) is 6.20 Å². The number of nitrogens with zero attached hydrogens (tertiary/aromatic N) is 5. The van der Waals surface area contributed by atoms with Gasteiger partial charge in [-0.15, -0.1) is 0 Å². The molecule has 0 spiro atoms. The minimum atomic E-state index is 0.245. The highest BCUT2D eigenvalue weighted by Gasteiger charge is 2.26. The lowest BCUT2D eigenvalue weighted by Gasteiger charge is -2.41. The molecule has 1 atom stereocenters. The molecule has 1 saturated heterocycles. The molecule has 0 N–H and O–H groups in total. The number of anilines is 2. The maximum absolute atomic E-state index is 9.21. The zero-order valence-electron chi connectivity index (χ0n) is 12.3. The van der Waals surface area contributed by atoms with E-state index < -0.39 is 0 Å². The van der Waals surface area contributed by atoms with Gasteiger partial charge < -0.3 is 9.80 Å². The molecule has 1 aliphatic rings. The van der Waals surface area contributed by atoms with Gasteiger partial charge in [-0.1, -0.05) is 17.7 Å². The zero-order chi connectivity index (χ0) is 15.5. The van der Waals surface area contributed by atoms with Crippen LogP contribution in [-0.2, 0) is 0 Å². The second-order valence-electron chi connectivity index (χ2n) is 5.34. The van der Waals surface area contributed by atoms with Crippen LogP contribution in [0.2, 0.25) is 5.02 Å². The first-order chi connectivity index (χ1) is 10.7. The third-order valence-corrected chi connectivity index (χ3v) is 4.12. The average molecular weight is 314 g/mol. The Bertz CT molecular complexity index is 712. The average Bonchev–Trinajstić information content (AvgIpc) is 2.55. The van der Waals surface area contributed by atoms with Crippen LogP contribution in [-0.4, -0.2) is 35.6 Å². The molecule has 0 saturated carbocycles. The Hall–Kier alpha value is -2.32. The topological polar surface area (TPSA) is 56.1 Å². The molecule has 0 radical (unpaired) electrons. The van der Waals surface area contributed by atoms with Gasteiger partial charge in [0.15, 0.2) is 0 Å². The first-order valence-electron chi connectivity index (χ1n) is 7.16. The van der Waals surface area contributed by atoms with Crippen molar-refractivity contribution in [3.63, 3.8) is 0 Å². The fourth-order valence-corrected chi connectivity index (χ4v) is 3.00. The van der Waals surface area contributed by atoms with E-state index in [1.807, 2.05) is 18.2 Å². The number of benzene rings is 1. The highest BCUT2D eigenvalue weighted by Crippen LogP contribution is 2.25. The highest BCUT2D eigenvalue weighted by atomic mass is 35.5. The van der Waals surface area contributed by atoms with Gasteiger partial charge in [0.25, 0.3) is 0 Å². The molecule has 0 unspecified atom stereocenters. The van der Waals surface area contributed by atoms with Gasteiger partial charge in [0.05, 0.1) is 6.20 Å². The van der Waals surface area contributed by atoms with Crippen LogP contribution in [0, 0.1) is 11.3 Å². The maximum Gasteiger partial charge on any atom is 0.150 e. The Kier molecular flexibility index (Phi) is 4.12. The van der Waals surface area contributed by atoms with Crippen LogP contribution in [0.4, 0.5) is 11.5 Å². The summed E-state index contributed by atoms with van der Waals surface area (Å²) in [6.45, 7) is 4.66. The Morgan fingerprint density at radius 3 is 2.95 bits per heavy atom. The molecule has 0 amide bonds. The number of piperazine rings is 1. The number of nitriles is 1. The maximum atomic E-state index is 9.21. The van der Waals surface area contributed by atoms with E-state index in [0.717, 1.165) is 36.2 Å². The predicted octanol–water partition coefficient (Wildman–Crippen LogP) is 2.72. The molecule has 5 nitrogen and oxygen atoms in total. The molecule has 112 valence electrons. The van der Waals surface area contributed by atoms with Gasteiger partial charge >= 0.3 is 0 Å². The minimum Gasteiger partial charge on any atom is -0.368 e. The molecular weight excluding hydrogens is 298 g/mol. The smallest absolute Gasteiger partial charge is 0.150 e. The molecule has 1 aliphatic heterocycles. The molecule has 1 aromatic heterocycles. The molecule has 1 fully saturated rings. The van der Waals surface area contributed by atoms with E-state index in [1.165, 1.54) is 6.33 Å². The minimum absolute atomic E-state index is 0.245. The summed E-state index contributed by atoms with van der Waals surface area (Å²) >= 11 is 6.07. The van der Waals surface area contributed by atoms with E-state index in [2.05, 4.69) is 38.8 Å². The standard InChI is InChI=1S/C16H16ClN5/c1-12-10-21(15-4-2-3-14(17)7-15)5-6-22(12)16-13(8-18)9-19-11-20-16/h2-4,7,9,11-12H,5-6,10H2,1H3/t12-/m0/s1. The largest absolute Gasteiger partial charge is 0.368 e. The Morgan fingerprint density at radius 1 is 1.36 bits per heavy atom. The Balaban J connectivity index is 1.80. The van der Waals surface area contributed by atoms with Crippen LogP contribution in [0.25, 0.3) is 0 Å². The van der Waals surface area contributed by atoms with E-state index >= 15 is 0 Å². The lowest BCUT2D eigenvalue weighted by molar-refractivity contribution is 0.545. The first-order valence-corrected chi connectivity index (χ1v) is 7.54. The summed E-state index contributed by atoms with van der Waals surface area (Å²) in [5.74, 6) is 0.718. The van der Waals surface area contributed by atoms with E-state index in [-0.39, 0.29) is 6.04 Å². The summed E-state index contributed by atoms with van der Waals surface area (Å²) in [4.78, 5) is 12.7. The second-order valence-corrected chi connectivity index (χ2v) is 5.78. The summed E-state index contributed by atoms with van der Waals surface area (Å²) in [5.41, 5.74) is 1.65. The molecule has 3 rings (SSSR count). The van der Waals surface area contributed by atoms with Gasteiger partial charge in [-0.25, -0.2) is 9.97 Å². The number of halogens is 1. The number of hydrogen-bond acceptors (Lipinski definition) is 5. The van der Waals surface area contributed by atoms with Gasteiger partial charge in [-0.2, -0.15) is 5.26 Å². The number of rotatable bonds is 2. The van der Waals surface area contributed by atoms with Crippen molar-refractivity contribution in [3.8, 4) is 6.07 Å². The SMILES string of the molecule is C[C@H]1CN(c2cccc(Cl)c2)CCN1c1ncncc1C#N. The molecule has 22 heavy (non-hydrogen) atoms. The third-order valence-electron chi connectivity index (χ3n) is 3.88. The number of hydrogen-bond donors (Lipinski definition) is 0. The van der Waals surface area contributed by atoms with Crippen molar-refractivity contribution in [2.24, 2.45) is 0 Å². The fraction of sp³-hybridized carbons (Fsp3) is 0.312. The van der Waals surface area contributed by atoms with Crippen LogP contribution in [0.1, 0.15) is 12.5 Å². The molecule has 0 aliphatic carbocycles. The summed E-state index contributed by atoms with van der Waals surface area (Å²) in [6.07, 6.45) is 3.06. The van der Waals surface area contributed by atoms with Crippen LogP contribution >= 0.6 is 11.6 Å². The second kappa shape index (κ2) is 6.20. The first kappa shape index (κ1) is 14.6. The zero-order valence-corrected chi connectivity index (χ0v) is 13.0. The third kappa shape index (κ3) is 2.83. The number of aromatic nitrogens is 2. The normalized spacial score (nSPS) is 18.1. The predicted molar refractivity (Wildman–Crippen MR) is 87.2 cm³/mol. The van der Waals surface area contributed by atoms with Crippen LogP contribution in [0.3, 0.4) is 0 Å². The van der Waals surface area contributed by atoms with Crippen molar-refractivity contribution in [1.29, 1.82) is 5.26 Å². The Morgan fingerprint density at radius 2 is 2.23 bits per heavy atom. The quantitative estimate of drug-likeness (QED) is 0.853. The van der Waals surface area contributed by atoms with Crippen molar-refractivity contribution in [2.75, 3.05) is 29.4 Å². The summed E-state index contributed by atoms with van der Waals surface area (Å²) in [6, 6.07) is 10.3. The molecule has 2 heterocycles. The van der Waals surface area contributed by atoms with Crippen LogP contribution < -0.4 is 9.80 Å². The molecular formula is C16H16ClN5. The van der Waals surface area contributed by atoms with E-state index in [0.29, 0.717) is 5.56 Å². The van der Waals surface area contributed by atoms with Crippen LogP contribution in [0.5, 0.6) is 0 Å². The summed E-state index contributed by atoms with van der Waals surface area (Å²) in [7, 11) is 0. The van der Waals surface area contributed by atoms with Crippen molar-refractivity contribution in [1.82, 2.24) is 9.97 Å². The van der Waals surface area contributed by atoms with Crippen LogP contribution in [0.15, 0.2) is 36.8 Å². The fourth-order valence-electron chi connectivity index (χ4n) is 2.81.